The maximum absolute atomic E-state index is 12.8. The minimum absolute atomic E-state index is 0.187. The highest BCUT2D eigenvalue weighted by Gasteiger charge is 2.20. The summed E-state index contributed by atoms with van der Waals surface area (Å²) in [6.45, 7) is 4.28. The van der Waals surface area contributed by atoms with Crippen molar-refractivity contribution in [2.24, 2.45) is 0 Å². The van der Waals surface area contributed by atoms with Crippen molar-refractivity contribution in [2.75, 3.05) is 45.6 Å². The maximum Gasteiger partial charge on any atom is 0.123 e. The van der Waals surface area contributed by atoms with Gasteiger partial charge in [0.2, 0.25) is 0 Å². The Balaban J connectivity index is 1.71. The van der Waals surface area contributed by atoms with Crippen LogP contribution in [0, 0.1) is 5.82 Å². The lowest BCUT2D eigenvalue weighted by Gasteiger charge is -2.35. The van der Waals surface area contributed by atoms with Gasteiger partial charge in [-0.15, -0.1) is 0 Å². The highest BCUT2D eigenvalue weighted by molar-refractivity contribution is 5.42. The third-order valence-corrected chi connectivity index (χ3v) is 3.86. The summed E-state index contributed by atoms with van der Waals surface area (Å²) >= 11 is 0. The number of likely N-dealkylation sites (N-methyl/N-ethyl adjacent to an activating group) is 2. The van der Waals surface area contributed by atoms with Gasteiger partial charge in [0.05, 0.1) is 0 Å². The molecule has 1 fully saturated rings. The number of halogens is 1. The Kier molecular flexibility index (Phi) is 5.16. The van der Waals surface area contributed by atoms with Crippen molar-refractivity contribution in [2.45, 2.75) is 18.9 Å². The van der Waals surface area contributed by atoms with E-state index >= 15 is 0 Å². The number of rotatable bonds is 5. The lowest BCUT2D eigenvalue weighted by atomic mass is 10.1. The Bertz CT molecular complexity index is 379. The van der Waals surface area contributed by atoms with Gasteiger partial charge in [-0.05, 0) is 57.7 Å². The number of anilines is 1. The summed E-state index contributed by atoms with van der Waals surface area (Å²) < 4.78 is 12.8. The van der Waals surface area contributed by atoms with Crippen LogP contribution in [0.15, 0.2) is 24.3 Å². The third kappa shape index (κ3) is 4.48. The predicted octanol–water partition coefficient (Wildman–Crippen LogP) is 2.26. The summed E-state index contributed by atoms with van der Waals surface area (Å²) in [5.41, 5.74) is 0.982. The first-order valence-corrected chi connectivity index (χ1v) is 7.03. The number of benzene rings is 1. The van der Waals surface area contributed by atoms with Gasteiger partial charge in [0.1, 0.15) is 5.82 Å². The van der Waals surface area contributed by atoms with Crippen molar-refractivity contribution in [3.8, 4) is 0 Å². The van der Waals surface area contributed by atoms with E-state index in [0.717, 1.165) is 25.3 Å². The summed E-state index contributed by atoms with van der Waals surface area (Å²) in [5, 5.41) is 3.33. The van der Waals surface area contributed by atoms with E-state index in [-0.39, 0.29) is 5.82 Å². The van der Waals surface area contributed by atoms with Crippen LogP contribution in [-0.2, 0) is 0 Å². The summed E-state index contributed by atoms with van der Waals surface area (Å²) in [4.78, 5) is 4.82. The minimum atomic E-state index is -0.187. The molecule has 0 amide bonds. The molecule has 4 heteroatoms. The van der Waals surface area contributed by atoms with Crippen LogP contribution < -0.4 is 5.32 Å². The van der Waals surface area contributed by atoms with Gasteiger partial charge in [-0.2, -0.15) is 0 Å². The van der Waals surface area contributed by atoms with E-state index < -0.39 is 0 Å². The molecule has 0 saturated carbocycles. The molecule has 1 aliphatic heterocycles. The molecule has 0 spiro atoms. The van der Waals surface area contributed by atoms with E-state index in [2.05, 4.69) is 29.2 Å². The molecule has 1 unspecified atom stereocenters. The molecular weight excluding hydrogens is 241 g/mol. The molecule has 1 saturated heterocycles. The summed E-state index contributed by atoms with van der Waals surface area (Å²) in [6.07, 6.45) is 2.58. The minimum Gasteiger partial charge on any atom is -0.384 e. The molecule has 0 aromatic heterocycles. The second kappa shape index (κ2) is 6.87. The molecule has 1 heterocycles. The first-order chi connectivity index (χ1) is 9.15. The van der Waals surface area contributed by atoms with Crippen LogP contribution in [0.2, 0.25) is 0 Å². The van der Waals surface area contributed by atoms with Crippen LogP contribution in [0.3, 0.4) is 0 Å². The van der Waals surface area contributed by atoms with E-state index in [0.29, 0.717) is 6.04 Å². The highest BCUT2D eigenvalue weighted by Crippen LogP contribution is 2.13. The zero-order valence-corrected chi connectivity index (χ0v) is 11.9. The van der Waals surface area contributed by atoms with Gasteiger partial charge >= 0.3 is 0 Å². The van der Waals surface area contributed by atoms with Crippen LogP contribution in [-0.4, -0.2) is 56.1 Å². The van der Waals surface area contributed by atoms with Crippen LogP contribution in [0.4, 0.5) is 10.1 Å². The molecule has 106 valence electrons. The molecule has 2 rings (SSSR count). The Morgan fingerprint density at radius 3 is 2.79 bits per heavy atom. The Morgan fingerprint density at radius 1 is 1.37 bits per heavy atom. The topological polar surface area (TPSA) is 18.5 Å². The van der Waals surface area contributed by atoms with E-state index in [1.165, 1.54) is 31.5 Å². The largest absolute Gasteiger partial charge is 0.384 e. The summed E-state index contributed by atoms with van der Waals surface area (Å²) in [5.74, 6) is -0.187. The average molecular weight is 265 g/mol. The van der Waals surface area contributed by atoms with Gasteiger partial charge in [-0.1, -0.05) is 0 Å². The molecule has 1 aliphatic rings. The molecule has 1 atom stereocenters. The molecule has 0 radical (unpaired) electrons. The first-order valence-electron chi connectivity index (χ1n) is 7.03. The van der Waals surface area contributed by atoms with Gasteiger partial charge < -0.3 is 15.1 Å². The van der Waals surface area contributed by atoms with Crippen molar-refractivity contribution >= 4 is 5.69 Å². The average Bonchev–Trinajstić information content (AvgIpc) is 2.41. The molecule has 1 N–H and O–H groups in total. The fourth-order valence-electron chi connectivity index (χ4n) is 2.63. The van der Waals surface area contributed by atoms with Gasteiger partial charge in [0.25, 0.3) is 0 Å². The zero-order chi connectivity index (χ0) is 13.7. The molecule has 1 aromatic rings. The monoisotopic (exact) mass is 265 g/mol. The van der Waals surface area contributed by atoms with Gasteiger partial charge in [0.15, 0.2) is 0 Å². The number of nitrogens with one attached hydrogen (secondary N) is 1. The van der Waals surface area contributed by atoms with E-state index in [4.69, 9.17) is 0 Å². The first kappa shape index (κ1) is 14.3. The Labute approximate surface area is 115 Å². The third-order valence-electron chi connectivity index (χ3n) is 3.86. The normalized spacial score (nSPS) is 20.7. The Hall–Kier alpha value is -1.13. The zero-order valence-electron chi connectivity index (χ0n) is 11.9. The summed E-state index contributed by atoms with van der Waals surface area (Å²) in [7, 11) is 4.38. The van der Waals surface area contributed by atoms with Crippen LogP contribution in [0.1, 0.15) is 12.8 Å². The second-order valence-corrected chi connectivity index (χ2v) is 5.47. The quantitative estimate of drug-likeness (QED) is 0.881. The number of likely N-dealkylation sites (tertiary alicyclic amines) is 1. The van der Waals surface area contributed by atoms with Gasteiger partial charge in [-0.25, -0.2) is 4.39 Å². The molecule has 19 heavy (non-hydrogen) atoms. The molecular formula is C15H24FN3. The molecule has 0 bridgehead atoms. The fraction of sp³-hybridized carbons (Fsp3) is 0.600. The number of hydrogen-bond donors (Lipinski definition) is 1. The van der Waals surface area contributed by atoms with E-state index in [9.17, 15) is 4.39 Å². The van der Waals surface area contributed by atoms with Crippen molar-refractivity contribution in [3.63, 3.8) is 0 Å². The lowest BCUT2D eigenvalue weighted by molar-refractivity contribution is 0.138. The van der Waals surface area contributed by atoms with E-state index in [1.54, 1.807) is 12.1 Å². The predicted molar refractivity (Wildman–Crippen MR) is 78.0 cm³/mol. The SMILES string of the molecule is CN1CCCC(N(C)CCNc2ccc(F)cc2)C1. The smallest absolute Gasteiger partial charge is 0.123 e. The Morgan fingerprint density at radius 2 is 2.11 bits per heavy atom. The van der Waals surface area contributed by atoms with Crippen molar-refractivity contribution < 1.29 is 4.39 Å². The molecule has 1 aromatic carbocycles. The van der Waals surface area contributed by atoms with Crippen LogP contribution >= 0.6 is 0 Å². The van der Waals surface area contributed by atoms with Crippen LogP contribution in [0.5, 0.6) is 0 Å². The number of hydrogen-bond acceptors (Lipinski definition) is 3. The van der Waals surface area contributed by atoms with Crippen molar-refractivity contribution in [1.29, 1.82) is 0 Å². The van der Waals surface area contributed by atoms with Crippen LogP contribution in [0.25, 0.3) is 0 Å². The van der Waals surface area contributed by atoms with Crippen molar-refractivity contribution in [1.82, 2.24) is 9.80 Å². The van der Waals surface area contributed by atoms with Gasteiger partial charge in [-0.3, -0.25) is 0 Å². The molecule has 0 aliphatic carbocycles. The summed E-state index contributed by atoms with van der Waals surface area (Å²) in [6, 6.07) is 7.20. The maximum atomic E-state index is 12.8. The molecule has 3 nitrogen and oxygen atoms in total. The highest BCUT2D eigenvalue weighted by atomic mass is 19.1. The lowest BCUT2D eigenvalue weighted by Crippen LogP contribution is -2.46. The standard InChI is InChI=1S/C15H24FN3/c1-18-10-3-4-15(12-18)19(2)11-9-17-14-7-5-13(16)6-8-14/h5-8,15,17H,3-4,9-12H2,1-2H3. The number of nitrogens with zero attached hydrogens (tertiary/aromatic N) is 2. The van der Waals surface area contributed by atoms with E-state index in [1.807, 2.05) is 0 Å². The second-order valence-electron chi connectivity index (χ2n) is 5.47. The fourth-order valence-corrected chi connectivity index (χ4v) is 2.63. The van der Waals surface area contributed by atoms with Crippen molar-refractivity contribution in [3.05, 3.63) is 30.1 Å². The number of piperidine rings is 1. The van der Waals surface area contributed by atoms with Gasteiger partial charge in [0, 0.05) is 31.4 Å².